The molecule has 1 heterocycles. The van der Waals surface area contributed by atoms with Gasteiger partial charge in [0.15, 0.2) is 9.84 Å². The highest BCUT2D eigenvalue weighted by Crippen LogP contribution is 2.35. The molecule has 7 heteroatoms. The summed E-state index contributed by atoms with van der Waals surface area (Å²) in [5, 5.41) is 9.39. The molecule has 0 saturated carbocycles. The average Bonchev–Trinajstić information content (AvgIpc) is 2.83. The van der Waals surface area contributed by atoms with E-state index >= 15 is 0 Å². The number of hydrogen-bond donors (Lipinski definition) is 0. The van der Waals surface area contributed by atoms with E-state index in [1.165, 1.54) is 11.0 Å². The molecular formula is C16H20N2O4S. The number of ether oxygens (including phenoxy) is 1. The molecule has 0 fully saturated rings. The minimum absolute atomic E-state index is 0.00322. The maximum Gasteiger partial charge on any atom is 0.411 e. The standard InChI is InChI=1S/C16H20N2O4S/c1-5-23(20,21)12-6-7-13-11(8-12)10-18(14(13)9-17)15(19)22-16(2,3)4/h6-8,14H,5,10H2,1-4H3. The van der Waals surface area contributed by atoms with Crippen molar-refractivity contribution in [2.45, 2.75) is 50.8 Å². The Balaban J connectivity index is 2.36. The smallest absolute Gasteiger partial charge is 0.411 e. The molecule has 0 bridgehead atoms. The summed E-state index contributed by atoms with van der Waals surface area (Å²) in [7, 11) is -3.33. The lowest BCUT2D eigenvalue weighted by atomic mass is 10.1. The molecule has 0 aromatic heterocycles. The molecule has 1 amide bonds. The summed E-state index contributed by atoms with van der Waals surface area (Å²) in [6, 6.07) is 5.96. The first kappa shape index (κ1) is 17.3. The number of nitrogens with zero attached hydrogens (tertiary/aromatic N) is 2. The van der Waals surface area contributed by atoms with E-state index < -0.39 is 27.6 Å². The Labute approximate surface area is 136 Å². The summed E-state index contributed by atoms with van der Waals surface area (Å²) < 4.78 is 29.3. The Bertz CT molecular complexity index is 772. The van der Waals surface area contributed by atoms with Gasteiger partial charge in [0.1, 0.15) is 11.6 Å². The number of carbonyl (C=O) groups excluding carboxylic acids is 1. The Hall–Kier alpha value is -2.07. The minimum atomic E-state index is -3.33. The summed E-state index contributed by atoms with van der Waals surface area (Å²) in [4.78, 5) is 13.8. The van der Waals surface area contributed by atoms with Gasteiger partial charge in [-0.3, -0.25) is 4.90 Å². The number of fused-ring (bicyclic) bond motifs is 1. The molecule has 124 valence electrons. The summed E-state index contributed by atoms with van der Waals surface area (Å²) >= 11 is 0. The lowest BCUT2D eigenvalue weighted by Crippen LogP contribution is -2.35. The highest BCUT2D eigenvalue weighted by molar-refractivity contribution is 7.91. The number of sulfone groups is 1. The second-order valence-corrected chi connectivity index (χ2v) is 8.68. The van der Waals surface area contributed by atoms with Crippen molar-refractivity contribution in [3.05, 3.63) is 29.3 Å². The third kappa shape index (κ3) is 3.48. The van der Waals surface area contributed by atoms with Gasteiger partial charge in [-0.05, 0) is 44.0 Å². The second-order valence-electron chi connectivity index (χ2n) is 6.40. The lowest BCUT2D eigenvalue weighted by Gasteiger charge is -2.26. The van der Waals surface area contributed by atoms with E-state index in [-0.39, 0.29) is 17.2 Å². The zero-order valence-corrected chi connectivity index (χ0v) is 14.5. The van der Waals surface area contributed by atoms with Gasteiger partial charge in [0.25, 0.3) is 0 Å². The maximum absolute atomic E-state index is 12.3. The predicted octanol–water partition coefficient (Wildman–Crippen LogP) is 2.80. The predicted molar refractivity (Wildman–Crippen MR) is 84.3 cm³/mol. The first-order chi connectivity index (χ1) is 10.6. The third-order valence-electron chi connectivity index (χ3n) is 3.55. The molecule has 23 heavy (non-hydrogen) atoms. The van der Waals surface area contributed by atoms with Crippen molar-refractivity contribution < 1.29 is 17.9 Å². The van der Waals surface area contributed by atoms with Gasteiger partial charge in [0.05, 0.1) is 23.3 Å². The van der Waals surface area contributed by atoms with Crippen molar-refractivity contribution in [1.29, 1.82) is 5.26 Å². The largest absolute Gasteiger partial charge is 0.444 e. The molecular weight excluding hydrogens is 316 g/mol. The van der Waals surface area contributed by atoms with Crippen LogP contribution < -0.4 is 0 Å². The van der Waals surface area contributed by atoms with E-state index in [4.69, 9.17) is 4.74 Å². The van der Waals surface area contributed by atoms with Crippen LogP contribution in [0.25, 0.3) is 0 Å². The molecule has 0 radical (unpaired) electrons. The molecule has 1 aromatic rings. The molecule has 0 saturated heterocycles. The van der Waals surface area contributed by atoms with Gasteiger partial charge in [-0.2, -0.15) is 5.26 Å². The van der Waals surface area contributed by atoms with Gasteiger partial charge in [-0.25, -0.2) is 13.2 Å². The van der Waals surface area contributed by atoms with Crippen LogP contribution in [-0.4, -0.2) is 30.8 Å². The molecule has 1 aliphatic rings. The number of hydrogen-bond acceptors (Lipinski definition) is 5. The topological polar surface area (TPSA) is 87.5 Å². The molecule has 0 spiro atoms. The lowest BCUT2D eigenvalue weighted by molar-refractivity contribution is 0.0213. The quantitative estimate of drug-likeness (QED) is 0.828. The molecule has 0 aliphatic carbocycles. The van der Waals surface area contributed by atoms with E-state index in [0.29, 0.717) is 11.1 Å². The van der Waals surface area contributed by atoms with Crippen LogP contribution in [0.3, 0.4) is 0 Å². The fourth-order valence-electron chi connectivity index (χ4n) is 2.42. The highest BCUT2D eigenvalue weighted by Gasteiger charge is 2.36. The monoisotopic (exact) mass is 336 g/mol. The van der Waals surface area contributed by atoms with Crippen LogP contribution in [0.5, 0.6) is 0 Å². The molecule has 1 aliphatic heterocycles. The Morgan fingerprint density at radius 2 is 2.09 bits per heavy atom. The maximum atomic E-state index is 12.3. The second kappa shape index (κ2) is 5.85. The van der Waals surface area contributed by atoms with Crippen molar-refractivity contribution in [3.8, 4) is 6.07 Å². The fraction of sp³-hybridized carbons (Fsp3) is 0.500. The van der Waals surface area contributed by atoms with Crippen molar-refractivity contribution >= 4 is 15.9 Å². The van der Waals surface area contributed by atoms with E-state index in [1.54, 1.807) is 39.8 Å². The Morgan fingerprint density at radius 1 is 1.43 bits per heavy atom. The van der Waals surface area contributed by atoms with Crippen molar-refractivity contribution in [2.24, 2.45) is 0 Å². The minimum Gasteiger partial charge on any atom is -0.444 e. The van der Waals surface area contributed by atoms with Gasteiger partial charge in [0, 0.05) is 0 Å². The van der Waals surface area contributed by atoms with Gasteiger partial charge in [0.2, 0.25) is 0 Å². The first-order valence-electron chi connectivity index (χ1n) is 7.34. The highest BCUT2D eigenvalue weighted by atomic mass is 32.2. The van der Waals surface area contributed by atoms with Crippen LogP contribution in [0.2, 0.25) is 0 Å². The summed E-state index contributed by atoms with van der Waals surface area (Å²) in [6.07, 6.45) is -0.583. The van der Waals surface area contributed by atoms with Gasteiger partial charge >= 0.3 is 6.09 Å². The van der Waals surface area contributed by atoms with E-state index in [9.17, 15) is 18.5 Å². The van der Waals surface area contributed by atoms with E-state index in [1.807, 2.05) is 0 Å². The van der Waals surface area contributed by atoms with Crippen molar-refractivity contribution in [2.75, 3.05) is 5.75 Å². The van der Waals surface area contributed by atoms with Crippen LogP contribution in [0.1, 0.15) is 44.9 Å². The van der Waals surface area contributed by atoms with Gasteiger partial charge < -0.3 is 4.74 Å². The van der Waals surface area contributed by atoms with Crippen LogP contribution in [0.15, 0.2) is 23.1 Å². The van der Waals surface area contributed by atoms with Crippen LogP contribution in [-0.2, 0) is 21.1 Å². The average molecular weight is 336 g/mol. The number of rotatable bonds is 2. The Morgan fingerprint density at radius 3 is 2.61 bits per heavy atom. The van der Waals surface area contributed by atoms with Crippen LogP contribution in [0, 0.1) is 11.3 Å². The number of nitriles is 1. The van der Waals surface area contributed by atoms with Crippen molar-refractivity contribution in [3.63, 3.8) is 0 Å². The molecule has 1 aromatic carbocycles. The van der Waals surface area contributed by atoms with Gasteiger partial charge in [-0.15, -0.1) is 0 Å². The van der Waals surface area contributed by atoms with E-state index in [0.717, 1.165) is 0 Å². The SMILES string of the molecule is CCS(=O)(=O)c1ccc2c(c1)CN(C(=O)OC(C)(C)C)C2C#N. The van der Waals surface area contributed by atoms with Crippen LogP contribution >= 0.6 is 0 Å². The van der Waals surface area contributed by atoms with Crippen LogP contribution in [0.4, 0.5) is 4.79 Å². The van der Waals surface area contributed by atoms with E-state index in [2.05, 4.69) is 6.07 Å². The Kier molecular flexibility index (Phi) is 4.40. The molecule has 2 rings (SSSR count). The normalized spacial score (nSPS) is 17.5. The molecule has 1 atom stereocenters. The molecule has 1 unspecified atom stereocenters. The van der Waals surface area contributed by atoms with Gasteiger partial charge in [-0.1, -0.05) is 13.0 Å². The van der Waals surface area contributed by atoms with Crippen molar-refractivity contribution in [1.82, 2.24) is 4.90 Å². The third-order valence-corrected chi connectivity index (χ3v) is 5.28. The summed E-state index contributed by atoms with van der Waals surface area (Å²) in [5.74, 6) is 0.00322. The summed E-state index contributed by atoms with van der Waals surface area (Å²) in [5.41, 5.74) is 0.646. The zero-order chi connectivity index (χ0) is 17.4. The number of carbonyl (C=O) groups is 1. The summed E-state index contributed by atoms with van der Waals surface area (Å²) in [6.45, 7) is 6.99. The molecule has 6 nitrogen and oxygen atoms in total. The number of amides is 1. The fourth-order valence-corrected chi connectivity index (χ4v) is 3.35. The molecule has 0 N–H and O–H groups in total. The zero-order valence-electron chi connectivity index (χ0n) is 13.7. The first-order valence-corrected chi connectivity index (χ1v) is 8.99. The number of benzene rings is 1.